The van der Waals surface area contributed by atoms with Gasteiger partial charge in [-0.2, -0.15) is 0 Å². The lowest BCUT2D eigenvalue weighted by molar-refractivity contribution is 0.103. The third kappa shape index (κ3) is 2.58. The number of benzene rings is 2. The second-order valence-electron chi connectivity index (χ2n) is 4.74. The fraction of sp³-hybridized carbons (Fsp3) is 0. The van der Waals surface area contributed by atoms with Crippen molar-refractivity contribution in [3.63, 3.8) is 0 Å². The Morgan fingerprint density at radius 2 is 1.36 bits per heavy atom. The zero-order chi connectivity index (χ0) is 15.6. The van der Waals surface area contributed by atoms with Gasteiger partial charge in [0.05, 0.1) is 4.90 Å². The Hall–Kier alpha value is -2.66. The molecule has 0 bridgehead atoms. The van der Waals surface area contributed by atoms with Crippen molar-refractivity contribution in [3.05, 3.63) is 90.3 Å². The molecule has 3 rings (SSSR count). The molecule has 0 aliphatic carbocycles. The van der Waals surface area contributed by atoms with E-state index >= 15 is 0 Å². The van der Waals surface area contributed by atoms with Crippen molar-refractivity contribution in [2.45, 2.75) is 4.90 Å². The van der Waals surface area contributed by atoms with Crippen molar-refractivity contribution in [3.8, 4) is 0 Å². The fourth-order valence-electron chi connectivity index (χ4n) is 2.13. The molecule has 1 aromatic heterocycles. The molecular formula is C17H13NO3S. The van der Waals surface area contributed by atoms with Gasteiger partial charge in [0.25, 0.3) is 10.0 Å². The minimum Gasteiger partial charge on any atom is -0.289 e. The van der Waals surface area contributed by atoms with Gasteiger partial charge in [-0.25, -0.2) is 12.4 Å². The second kappa shape index (κ2) is 5.61. The smallest absolute Gasteiger partial charge is 0.267 e. The molecule has 0 saturated heterocycles. The first-order valence-corrected chi connectivity index (χ1v) is 8.11. The van der Waals surface area contributed by atoms with E-state index in [-0.39, 0.29) is 10.7 Å². The average molecular weight is 311 g/mol. The summed E-state index contributed by atoms with van der Waals surface area (Å²) in [6.07, 6.45) is 2.73. The van der Waals surface area contributed by atoms with Crippen LogP contribution in [0, 0.1) is 0 Å². The summed E-state index contributed by atoms with van der Waals surface area (Å²) in [5.41, 5.74) is 0.864. The van der Waals surface area contributed by atoms with Gasteiger partial charge < -0.3 is 0 Å². The molecule has 3 aromatic rings. The van der Waals surface area contributed by atoms with Crippen LogP contribution in [0.2, 0.25) is 0 Å². The number of ketones is 1. The summed E-state index contributed by atoms with van der Waals surface area (Å²) < 4.78 is 26.0. The lowest BCUT2D eigenvalue weighted by Crippen LogP contribution is -2.11. The molecule has 0 unspecified atom stereocenters. The molecule has 4 nitrogen and oxygen atoms in total. The van der Waals surface area contributed by atoms with Crippen LogP contribution in [0.4, 0.5) is 0 Å². The van der Waals surface area contributed by atoms with Gasteiger partial charge >= 0.3 is 0 Å². The summed E-state index contributed by atoms with van der Waals surface area (Å²) in [4.78, 5) is 12.5. The normalized spacial score (nSPS) is 11.3. The van der Waals surface area contributed by atoms with Gasteiger partial charge in [-0.05, 0) is 18.2 Å². The maximum atomic E-state index is 12.5. The van der Waals surface area contributed by atoms with Crippen molar-refractivity contribution in [1.82, 2.24) is 3.97 Å². The first kappa shape index (κ1) is 14.3. The molecule has 1 heterocycles. The molecule has 2 aromatic carbocycles. The van der Waals surface area contributed by atoms with Crippen molar-refractivity contribution < 1.29 is 13.2 Å². The summed E-state index contributed by atoms with van der Waals surface area (Å²) in [6.45, 7) is 0. The number of nitrogens with zero attached hydrogens (tertiary/aromatic N) is 1. The first-order chi connectivity index (χ1) is 10.6. The molecule has 0 amide bonds. The lowest BCUT2D eigenvalue weighted by atomic mass is 10.1. The van der Waals surface area contributed by atoms with Crippen LogP contribution in [0.3, 0.4) is 0 Å². The monoisotopic (exact) mass is 311 g/mol. The largest absolute Gasteiger partial charge is 0.289 e. The molecule has 0 fully saturated rings. The van der Waals surface area contributed by atoms with Crippen molar-refractivity contribution >= 4 is 15.8 Å². The fourth-order valence-corrected chi connectivity index (χ4v) is 3.35. The molecule has 110 valence electrons. The first-order valence-electron chi connectivity index (χ1n) is 6.67. The van der Waals surface area contributed by atoms with E-state index in [4.69, 9.17) is 0 Å². The van der Waals surface area contributed by atoms with Crippen LogP contribution in [0.5, 0.6) is 0 Å². The number of carbonyl (C=O) groups is 1. The molecule has 0 saturated carbocycles. The number of hydrogen-bond donors (Lipinski definition) is 0. The Kier molecular flexibility index (Phi) is 3.65. The number of rotatable bonds is 4. The standard InChI is InChI=1S/C17H13NO3S/c19-17(14-7-3-1-4-8-14)15-11-12-18(13-15)22(20,21)16-9-5-2-6-10-16/h1-13H. The van der Waals surface area contributed by atoms with Crippen LogP contribution in [0.15, 0.2) is 84.0 Å². The maximum absolute atomic E-state index is 12.5. The van der Waals surface area contributed by atoms with E-state index in [0.29, 0.717) is 11.1 Å². The molecule has 0 aliphatic rings. The highest BCUT2D eigenvalue weighted by molar-refractivity contribution is 7.90. The van der Waals surface area contributed by atoms with Crippen LogP contribution in [0.1, 0.15) is 15.9 Å². The molecule has 5 heteroatoms. The molecule has 0 spiro atoms. The van der Waals surface area contributed by atoms with E-state index in [1.807, 2.05) is 6.07 Å². The van der Waals surface area contributed by atoms with Gasteiger partial charge in [0, 0.05) is 23.5 Å². The van der Waals surface area contributed by atoms with Gasteiger partial charge in [0.15, 0.2) is 5.78 Å². The quantitative estimate of drug-likeness (QED) is 0.696. The Morgan fingerprint density at radius 1 is 0.773 bits per heavy atom. The average Bonchev–Trinajstić information content (AvgIpc) is 3.06. The Morgan fingerprint density at radius 3 is 2.00 bits per heavy atom. The topological polar surface area (TPSA) is 56.1 Å². The van der Waals surface area contributed by atoms with Crippen molar-refractivity contribution in [2.24, 2.45) is 0 Å². The number of carbonyl (C=O) groups excluding carboxylic acids is 1. The molecular weight excluding hydrogens is 298 g/mol. The van der Waals surface area contributed by atoms with Crippen LogP contribution in [-0.4, -0.2) is 18.2 Å². The Balaban J connectivity index is 1.97. The molecule has 0 N–H and O–H groups in total. The van der Waals surface area contributed by atoms with Gasteiger partial charge in [0.1, 0.15) is 0 Å². The van der Waals surface area contributed by atoms with E-state index in [1.54, 1.807) is 42.5 Å². The third-order valence-corrected chi connectivity index (χ3v) is 4.93. The van der Waals surface area contributed by atoms with Crippen molar-refractivity contribution in [2.75, 3.05) is 0 Å². The van der Waals surface area contributed by atoms with E-state index in [1.165, 1.54) is 30.6 Å². The zero-order valence-electron chi connectivity index (χ0n) is 11.6. The minimum absolute atomic E-state index is 0.185. The molecule has 0 atom stereocenters. The highest BCUT2D eigenvalue weighted by atomic mass is 32.2. The maximum Gasteiger partial charge on any atom is 0.267 e. The summed E-state index contributed by atoms with van der Waals surface area (Å²) in [5.74, 6) is -0.206. The van der Waals surface area contributed by atoms with Crippen LogP contribution >= 0.6 is 0 Å². The summed E-state index contributed by atoms with van der Waals surface area (Å²) in [7, 11) is -3.67. The van der Waals surface area contributed by atoms with Gasteiger partial charge in [-0.3, -0.25) is 4.79 Å². The highest BCUT2D eigenvalue weighted by Gasteiger charge is 2.18. The Labute approximate surface area is 128 Å². The summed E-state index contributed by atoms with van der Waals surface area (Å²) in [5, 5.41) is 0. The van der Waals surface area contributed by atoms with Gasteiger partial charge in [-0.15, -0.1) is 0 Å². The van der Waals surface area contributed by atoms with Crippen LogP contribution in [0.25, 0.3) is 0 Å². The number of hydrogen-bond acceptors (Lipinski definition) is 3. The van der Waals surface area contributed by atoms with Crippen LogP contribution < -0.4 is 0 Å². The van der Waals surface area contributed by atoms with Crippen molar-refractivity contribution in [1.29, 1.82) is 0 Å². The minimum atomic E-state index is -3.67. The molecule has 0 radical (unpaired) electrons. The highest BCUT2D eigenvalue weighted by Crippen LogP contribution is 2.16. The van der Waals surface area contributed by atoms with E-state index in [0.717, 1.165) is 3.97 Å². The lowest BCUT2D eigenvalue weighted by Gasteiger charge is -2.04. The Bertz CT molecular complexity index is 897. The predicted molar refractivity (Wildman–Crippen MR) is 83.3 cm³/mol. The van der Waals surface area contributed by atoms with E-state index < -0.39 is 10.0 Å². The second-order valence-corrected chi connectivity index (χ2v) is 6.59. The third-order valence-electron chi connectivity index (χ3n) is 3.28. The van der Waals surface area contributed by atoms with Gasteiger partial charge in [-0.1, -0.05) is 48.5 Å². The van der Waals surface area contributed by atoms with E-state index in [2.05, 4.69) is 0 Å². The molecule has 22 heavy (non-hydrogen) atoms. The summed E-state index contributed by atoms with van der Waals surface area (Å²) in [6, 6.07) is 18.4. The zero-order valence-corrected chi connectivity index (χ0v) is 12.4. The molecule has 0 aliphatic heterocycles. The summed E-state index contributed by atoms with van der Waals surface area (Å²) >= 11 is 0. The SMILES string of the molecule is O=C(c1ccccc1)c1ccn(S(=O)(=O)c2ccccc2)c1. The van der Waals surface area contributed by atoms with Crippen LogP contribution in [-0.2, 0) is 10.0 Å². The van der Waals surface area contributed by atoms with E-state index in [9.17, 15) is 13.2 Å². The predicted octanol–water partition coefficient (Wildman–Crippen LogP) is 2.96. The van der Waals surface area contributed by atoms with Gasteiger partial charge in [0.2, 0.25) is 0 Å². The number of aromatic nitrogens is 1.